The average Bonchev–Trinajstić information content (AvgIpc) is 3.80. The molecule has 0 aliphatic rings. The first-order valence-electron chi connectivity index (χ1n) is 19.4. The van der Waals surface area contributed by atoms with Crippen LogP contribution >= 0.6 is 0 Å². The monoisotopic (exact) mass is 697 g/mol. The number of pyridine rings is 1. The molecule has 0 saturated carbocycles. The maximum Gasteiger partial charge on any atom is 0.149 e. The maximum absolute atomic E-state index is 11.2. The molecule has 0 unspecified atom stereocenters. The standard InChI is InChI=1S/C49H34N4O/c1-32-23-25-33(26-24-32)34-27-28-50-43(31-34)35-29-41-38-17-8-10-20-44(38)52(36-13-4-2-5-14-36)48(41)42(30-35)39-19-12-21-45-47(39)51-49(40-18-9-11-22-46(40)54)53(45)37-15-6-3-7-16-37/h2-31,54H,1H3/i1D3. The van der Waals surface area contributed by atoms with Crippen molar-refractivity contribution in [3.63, 3.8) is 0 Å². The molecule has 3 aromatic heterocycles. The van der Waals surface area contributed by atoms with E-state index in [9.17, 15) is 5.11 Å². The first kappa shape index (κ1) is 28.4. The number of aryl methyl sites for hydroxylation is 1. The van der Waals surface area contributed by atoms with Crippen molar-refractivity contribution in [1.82, 2.24) is 19.1 Å². The van der Waals surface area contributed by atoms with Gasteiger partial charge in [-0.05, 0) is 90.8 Å². The number of nitrogens with zero attached hydrogens (tertiary/aromatic N) is 4. The highest BCUT2D eigenvalue weighted by atomic mass is 16.3. The predicted molar refractivity (Wildman–Crippen MR) is 221 cm³/mol. The summed E-state index contributed by atoms with van der Waals surface area (Å²) in [6, 6.07) is 58.1. The third kappa shape index (κ3) is 5.17. The van der Waals surface area contributed by atoms with Crippen LogP contribution in [-0.2, 0) is 0 Å². The molecule has 0 saturated heterocycles. The van der Waals surface area contributed by atoms with Gasteiger partial charge < -0.3 is 9.67 Å². The Balaban J connectivity index is 1.28. The fourth-order valence-corrected chi connectivity index (χ4v) is 7.73. The topological polar surface area (TPSA) is 55.9 Å². The van der Waals surface area contributed by atoms with Gasteiger partial charge in [-0.25, -0.2) is 4.98 Å². The lowest BCUT2D eigenvalue weighted by molar-refractivity contribution is 0.477. The number of rotatable bonds is 6. The minimum absolute atomic E-state index is 0.152. The second-order valence-corrected chi connectivity index (χ2v) is 13.4. The highest BCUT2D eigenvalue weighted by molar-refractivity contribution is 6.17. The van der Waals surface area contributed by atoms with Crippen LogP contribution in [0.1, 0.15) is 9.68 Å². The number of phenolic OH excluding ortho intramolecular Hbond substituents is 1. The number of imidazole rings is 1. The van der Waals surface area contributed by atoms with Gasteiger partial charge >= 0.3 is 0 Å². The minimum atomic E-state index is -2.17. The summed E-state index contributed by atoms with van der Waals surface area (Å²) < 4.78 is 27.9. The van der Waals surface area contributed by atoms with E-state index < -0.39 is 6.85 Å². The Morgan fingerprint density at radius 1 is 0.519 bits per heavy atom. The normalized spacial score (nSPS) is 12.6. The zero-order valence-corrected chi connectivity index (χ0v) is 29.1. The van der Waals surface area contributed by atoms with Gasteiger partial charge in [-0.15, -0.1) is 0 Å². The van der Waals surface area contributed by atoms with Crippen molar-refractivity contribution >= 4 is 32.8 Å². The van der Waals surface area contributed by atoms with Crippen LogP contribution in [0, 0.1) is 6.85 Å². The van der Waals surface area contributed by atoms with Crippen LogP contribution in [0.2, 0.25) is 0 Å². The van der Waals surface area contributed by atoms with Crippen LogP contribution < -0.4 is 0 Å². The van der Waals surface area contributed by atoms with Gasteiger partial charge in [0.25, 0.3) is 0 Å². The Kier molecular flexibility index (Phi) is 6.70. The molecule has 5 heteroatoms. The molecule has 0 fully saturated rings. The fraction of sp³-hybridized carbons (Fsp3) is 0.0204. The van der Waals surface area contributed by atoms with Gasteiger partial charge in [-0.1, -0.05) is 109 Å². The lowest BCUT2D eigenvalue weighted by Gasteiger charge is -2.14. The first-order chi connectivity index (χ1) is 27.8. The summed E-state index contributed by atoms with van der Waals surface area (Å²) in [5.74, 6) is 0.788. The second-order valence-electron chi connectivity index (χ2n) is 13.4. The average molecular weight is 698 g/mol. The van der Waals surface area contributed by atoms with E-state index in [4.69, 9.17) is 14.1 Å². The molecule has 0 spiro atoms. The Morgan fingerprint density at radius 3 is 1.98 bits per heavy atom. The zero-order chi connectivity index (χ0) is 38.7. The van der Waals surface area contributed by atoms with E-state index in [1.54, 1.807) is 24.4 Å². The lowest BCUT2D eigenvalue weighted by Crippen LogP contribution is -1.97. The maximum atomic E-state index is 11.2. The van der Waals surface area contributed by atoms with Crippen LogP contribution in [-0.4, -0.2) is 24.2 Å². The molecule has 3 heterocycles. The van der Waals surface area contributed by atoms with Crippen molar-refractivity contribution in [2.75, 3.05) is 0 Å². The zero-order valence-electron chi connectivity index (χ0n) is 32.1. The number of para-hydroxylation sites is 5. The highest BCUT2D eigenvalue weighted by Gasteiger charge is 2.24. The van der Waals surface area contributed by atoms with E-state index in [2.05, 4.69) is 106 Å². The van der Waals surface area contributed by atoms with Gasteiger partial charge in [-0.2, -0.15) is 0 Å². The number of hydrogen-bond donors (Lipinski definition) is 1. The van der Waals surface area contributed by atoms with E-state index in [0.29, 0.717) is 17.0 Å². The minimum Gasteiger partial charge on any atom is -0.507 e. The molecule has 0 radical (unpaired) electrons. The van der Waals surface area contributed by atoms with Crippen LogP contribution in [0.15, 0.2) is 182 Å². The van der Waals surface area contributed by atoms with Gasteiger partial charge in [0.1, 0.15) is 11.6 Å². The lowest BCUT2D eigenvalue weighted by atomic mass is 9.95. The van der Waals surface area contributed by atoms with E-state index in [0.717, 1.165) is 77.7 Å². The Bertz CT molecular complexity index is 3110. The molecule has 0 aliphatic carbocycles. The molecule has 0 bridgehead atoms. The Hall–Kier alpha value is -7.24. The van der Waals surface area contributed by atoms with Gasteiger partial charge in [0.15, 0.2) is 0 Å². The molecule has 0 aliphatic heterocycles. The quantitative estimate of drug-likeness (QED) is 0.188. The van der Waals surface area contributed by atoms with E-state index in [1.807, 2.05) is 60.7 Å². The molecule has 1 N–H and O–H groups in total. The highest BCUT2D eigenvalue weighted by Crippen LogP contribution is 2.44. The van der Waals surface area contributed by atoms with Crippen LogP contribution in [0.25, 0.3) is 89.1 Å². The molecule has 54 heavy (non-hydrogen) atoms. The van der Waals surface area contributed by atoms with Crippen LogP contribution in [0.4, 0.5) is 0 Å². The summed E-state index contributed by atoms with van der Waals surface area (Å²) in [5.41, 5.74) is 12.2. The van der Waals surface area contributed by atoms with Crippen molar-refractivity contribution < 1.29 is 9.22 Å². The number of fused-ring (bicyclic) bond motifs is 4. The molecule has 0 atom stereocenters. The van der Waals surface area contributed by atoms with E-state index >= 15 is 0 Å². The van der Waals surface area contributed by atoms with E-state index in [1.165, 1.54) is 0 Å². The van der Waals surface area contributed by atoms with Crippen molar-refractivity contribution in [1.29, 1.82) is 0 Å². The first-order valence-corrected chi connectivity index (χ1v) is 17.9. The molecule has 7 aromatic carbocycles. The van der Waals surface area contributed by atoms with E-state index in [-0.39, 0.29) is 5.75 Å². The third-order valence-electron chi connectivity index (χ3n) is 10.2. The van der Waals surface area contributed by atoms with Crippen LogP contribution in [0.3, 0.4) is 0 Å². The van der Waals surface area contributed by atoms with Crippen molar-refractivity contribution in [3.05, 3.63) is 188 Å². The number of phenols is 1. The number of hydrogen-bond acceptors (Lipinski definition) is 3. The van der Waals surface area contributed by atoms with Crippen molar-refractivity contribution in [2.24, 2.45) is 0 Å². The summed E-state index contributed by atoms with van der Waals surface area (Å²) >= 11 is 0. The molecular formula is C49H34N4O. The van der Waals surface area contributed by atoms with Crippen molar-refractivity contribution in [2.45, 2.75) is 6.85 Å². The smallest absolute Gasteiger partial charge is 0.149 e. The molecular weight excluding hydrogens is 661 g/mol. The third-order valence-corrected chi connectivity index (χ3v) is 10.2. The SMILES string of the molecule is [2H]C([2H])([2H])c1ccc(-c2ccnc(-c3cc(-c4cccc5c4nc(-c4ccccc4O)n5-c4ccccc4)c4c(c3)c3ccccc3n4-c3ccccc3)c2)cc1. The molecule has 0 amide bonds. The van der Waals surface area contributed by atoms with Crippen LogP contribution in [0.5, 0.6) is 5.75 Å². The molecule has 256 valence electrons. The largest absolute Gasteiger partial charge is 0.507 e. The predicted octanol–water partition coefficient (Wildman–Crippen LogP) is 12.2. The Labute approximate surface area is 316 Å². The van der Waals surface area contributed by atoms with Gasteiger partial charge in [-0.3, -0.25) is 9.55 Å². The van der Waals surface area contributed by atoms with Gasteiger partial charge in [0, 0.05) is 49.1 Å². The number of benzene rings is 7. The second kappa shape index (κ2) is 12.8. The summed E-state index contributed by atoms with van der Waals surface area (Å²) in [6.45, 7) is -2.17. The summed E-state index contributed by atoms with van der Waals surface area (Å²) in [7, 11) is 0. The van der Waals surface area contributed by atoms with Gasteiger partial charge in [0.05, 0.1) is 33.3 Å². The van der Waals surface area contributed by atoms with Crippen molar-refractivity contribution in [3.8, 4) is 62.0 Å². The molecule has 5 nitrogen and oxygen atoms in total. The summed E-state index contributed by atoms with van der Waals surface area (Å²) in [4.78, 5) is 10.3. The number of aromatic hydroxyl groups is 1. The number of aromatic nitrogens is 4. The summed E-state index contributed by atoms with van der Waals surface area (Å²) in [5, 5.41) is 13.3. The Morgan fingerprint density at radius 2 is 1.20 bits per heavy atom. The fourth-order valence-electron chi connectivity index (χ4n) is 7.73. The van der Waals surface area contributed by atoms with Gasteiger partial charge in [0.2, 0.25) is 0 Å². The molecule has 10 aromatic rings. The molecule has 10 rings (SSSR count). The summed E-state index contributed by atoms with van der Waals surface area (Å²) in [6.07, 6.45) is 1.81.